The number of benzene rings is 1. The van der Waals surface area contributed by atoms with E-state index in [1.807, 2.05) is 11.0 Å². The molecule has 0 radical (unpaired) electrons. The van der Waals surface area contributed by atoms with Crippen LogP contribution in [-0.4, -0.2) is 35.5 Å². The van der Waals surface area contributed by atoms with Crippen molar-refractivity contribution in [2.24, 2.45) is 5.92 Å². The number of rotatable bonds is 4. The molecule has 1 saturated carbocycles. The largest absolute Gasteiger partial charge is 0.416 e. The third kappa shape index (κ3) is 4.67. The van der Waals surface area contributed by atoms with Crippen molar-refractivity contribution in [2.75, 3.05) is 19.7 Å². The van der Waals surface area contributed by atoms with E-state index in [1.165, 1.54) is 12.1 Å². The number of carbonyl (C=O) groups excluding carboxylic acids is 1. The van der Waals surface area contributed by atoms with Crippen LogP contribution in [0.25, 0.3) is 0 Å². The Bertz CT molecular complexity index is 894. The molecule has 1 atom stereocenters. The van der Waals surface area contributed by atoms with Gasteiger partial charge in [-0.15, -0.1) is 0 Å². The highest BCUT2D eigenvalue weighted by atomic mass is 19.4. The number of ether oxygens (including phenoxy) is 1. The number of alkyl halides is 3. The molecule has 1 saturated heterocycles. The van der Waals surface area contributed by atoms with E-state index in [9.17, 15) is 18.0 Å². The highest BCUT2D eigenvalue weighted by Gasteiger charge is 2.34. The van der Waals surface area contributed by atoms with Gasteiger partial charge in [0.15, 0.2) is 0 Å². The van der Waals surface area contributed by atoms with Crippen molar-refractivity contribution in [1.29, 1.82) is 0 Å². The Balaban J connectivity index is 1.49. The van der Waals surface area contributed by atoms with Gasteiger partial charge in [0.1, 0.15) is 6.10 Å². The van der Waals surface area contributed by atoms with Gasteiger partial charge in [-0.25, -0.2) is 0 Å². The Morgan fingerprint density at radius 2 is 1.87 bits per heavy atom. The molecule has 0 N–H and O–H groups in total. The number of carbonyl (C=O) groups is 1. The fourth-order valence-corrected chi connectivity index (χ4v) is 4.38. The number of pyridine rings is 1. The van der Waals surface area contributed by atoms with Gasteiger partial charge in [0.2, 0.25) is 5.91 Å². The lowest BCUT2D eigenvalue weighted by Gasteiger charge is -2.34. The molecule has 0 bridgehead atoms. The topological polar surface area (TPSA) is 42.4 Å². The normalized spacial score (nSPS) is 20.5. The molecule has 1 amide bonds. The predicted molar refractivity (Wildman–Crippen MR) is 106 cm³/mol. The monoisotopic (exact) mass is 418 g/mol. The maximum atomic E-state index is 13.3. The summed E-state index contributed by atoms with van der Waals surface area (Å²) >= 11 is 0. The first kappa shape index (κ1) is 20.8. The lowest BCUT2D eigenvalue weighted by molar-refractivity contribution is -0.143. The lowest BCUT2D eigenvalue weighted by Crippen LogP contribution is -2.44. The van der Waals surface area contributed by atoms with E-state index in [0.717, 1.165) is 31.7 Å². The molecule has 4 nitrogen and oxygen atoms in total. The molecular weight excluding hydrogens is 393 g/mol. The standard InChI is InChI=1S/C23H25F3N2O2/c24-23(25,26)19-10-4-3-8-17(19)14-18-9-5-11-20(27-18)21-15-28(12-13-30-21)22(29)16-6-1-2-7-16/h3-5,8-11,16,21H,1-2,6-7,12-15H2. The fourth-order valence-electron chi connectivity index (χ4n) is 4.38. The van der Waals surface area contributed by atoms with E-state index in [-0.39, 0.29) is 29.9 Å². The lowest BCUT2D eigenvalue weighted by atomic mass is 10.0. The van der Waals surface area contributed by atoms with Gasteiger partial charge in [0.25, 0.3) is 0 Å². The van der Waals surface area contributed by atoms with Crippen molar-refractivity contribution in [3.63, 3.8) is 0 Å². The van der Waals surface area contributed by atoms with Crippen molar-refractivity contribution in [1.82, 2.24) is 9.88 Å². The third-order valence-corrected chi connectivity index (χ3v) is 5.94. The summed E-state index contributed by atoms with van der Waals surface area (Å²) in [5, 5.41) is 0. The first-order valence-electron chi connectivity index (χ1n) is 10.4. The van der Waals surface area contributed by atoms with E-state index in [1.54, 1.807) is 18.2 Å². The first-order valence-corrected chi connectivity index (χ1v) is 10.4. The molecule has 2 fully saturated rings. The Kier molecular flexibility index (Phi) is 6.09. The number of aromatic nitrogens is 1. The van der Waals surface area contributed by atoms with Crippen LogP contribution < -0.4 is 0 Å². The zero-order chi connectivity index (χ0) is 21.1. The zero-order valence-corrected chi connectivity index (χ0v) is 16.7. The van der Waals surface area contributed by atoms with Gasteiger partial charge in [0.05, 0.1) is 24.4 Å². The van der Waals surface area contributed by atoms with Crippen LogP contribution in [0.3, 0.4) is 0 Å². The van der Waals surface area contributed by atoms with E-state index >= 15 is 0 Å². The summed E-state index contributed by atoms with van der Waals surface area (Å²) in [6.07, 6.45) is -0.564. The molecule has 1 aromatic carbocycles. The van der Waals surface area contributed by atoms with E-state index in [4.69, 9.17) is 4.74 Å². The van der Waals surface area contributed by atoms with Crippen molar-refractivity contribution >= 4 is 5.91 Å². The van der Waals surface area contributed by atoms with E-state index in [2.05, 4.69) is 4.98 Å². The van der Waals surface area contributed by atoms with Gasteiger partial charge >= 0.3 is 6.18 Å². The Morgan fingerprint density at radius 3 is 2.63 bits per heavy atom. The Morgan fingerprint density at radius 1 is 1.10 bits per heavy atom. The molecule has 1 unspecified atom stereocenters. The van der Waals surface area contributed by atoms with Crippen molar-refractivity contribution < 1.29 is 22.7 Å². The van der Waals surface area contributed by atoms with Gasteiger partial charge in [-0.3, -0.25) is 9.78 Å². The zero-order valence-electron chi connectivity index (χ0n) is 16.7. The minimum absolute atomic E-state index is 0.0843. The number of amides is 1. The van der Waals surface area contributed by atoms with Crippen LogP contribution in [0.4, 0.5) is 13.2 Å². The second-order valence-electron chi connectivity index (χ2n) is 8.01. The van der Waals surface area contributed by atoms with E-state index in [0.29, 0.717) is 31.1 Å². The summed E-state index contributed by atoms with van der Waals surface area (Å²) in [7, 11) is 0. The van der Waals surface area contributed by atoms with Crippen molar-refractivity contribution in [3.8, 4) is 0 Å². The number of hydrogen-bond acceptors (Lipinski definition) is 3. The highest BCUT2D eigenvalue weighted by Crippen LogP contribution is 2.33. The quantitative estimate of drug-likeness (QED) is 0.718. The predicted octanol–water partition coefficient (Wildman–Crippen LogP) is 4.78. The second-order valence-corrected chi connectivity index (χ2v) is 8.01. The van der Waals surface area contributed by atoms with Gasteiger partial charge in [-0.05, 0) is 36.6 Å². The fraction of sp³-hybridized carbons (Fsp3) is 0.478. The number of nitrogens with zero attached hydrogens (tertiary/aromatic N) is 2. The van der Waals surface area contributed by atoms with Crippen LogP contribution in [0.15, 0.2) is 42.5 Å². The summed E-state index contributed by atoms with van der Waals surface area (Å²) < 4.78 is 45.7. The first-order chi connectivity index (χ1) is 14.4. The molecule has 1 aliphatic heterocycles. The van der Waals surface area contributed by atoms with Crippen molar-refractivity contribution in [3.05, 3.63) is 65.0 Å². The molecule has 4 rings (SSSR count). The number of hydrogen-bond donors (Lipinski definition) is 0. The maximum Gasteiger partial charge on any atom is 0.416 e. The number of halogens is 3. The summed E-state index contributed by atoms with van der Waals surface area (Å²) in [5.41, 5.74) is 0.754. The molecule has 0 spiro atoms. The van der Waals surface area contributed by atoms with Gasteiger partial charge in [-0.2, -0.15) is 13.2 Å². The minimum atomic E-state index is -4.40. The molecule has 1 aromatic heterocycles. The van der Waals surface area contributed by atoms with Gasteiger partial charge in [0, 0.05) is 24.6 Å². The molecular formula is C23H25F3N2O2. The average Bonchev–Trinajstić information content (AvgIpc) is 3.28. The van der Waals surface area contributed by atoms with Crippen LogP contribution >= 0.6 is 0 Å². The summed E-state index contributed by atoms with van der Waals surface area (Å²) in [6.45, 7) is 1.45. The number of morpholine rings is 1. The molecule has 160 valence electrons. The smallest absolute Gasteiger partial charge is 0.368 e. The maximum absolute atomic E-state index is 13.3. The Labute approximate surface area is 174 Å². The summed E-state index contributed by atoms with van der Waals surface area (Å²) in [4.78, 5) is 19.2. The summed E-state index contributed by atoms with van der Waals surface area (Å²) in [5.74, 6) is 0.304. The second kappa shape index (κ2) is 8.76. The average molecular weight is 418 g/mol. The molecule has 1 aliphatic carbocycles. The summed E-state index contributed by atoms with van der Waals surface area (Å²) in [6, 6.07) is 10.9. The minimum Gasteiger partial charge on any atom is -0.368 e. The Hall–Kier alpha value is -2.41. The van der Waals surface area contributed by atoms with Crippen LogP contribution in [0, 0.1) is 5.92 Å². The third-order valence-electron chi connectivity index (χ3n) is 5.94. The van der Waals surface area contributed by atoms with Crippen LogP contribution in [-0.2, 0) is 22.1 Å². The SMILES string of the molecule is O=C(C1CCCC1)N1CCOC(c2cccc(Cc3ccccc3C(F)(F)F)n2)C1. The molecule has 2 aromatic rings. The van der Waals surface area contributed by atoms with Crippen LogP contribution in [0.1, 0.15) is 54.3 Å². The highest BCUT2D eigenvalue weighted by molar-refractivity contribution is 5.79. The molecule has 30 heavy (non-hydrogen) atoms. The van der Waals surface area contributed by atoms with Gasteiger partial charge in [-0.1, -0.05) is 37.1 Å². The molecule has 2 heterocycles. The van der Waals surface area contributed by atoms with Crippen molar-refractivity contribution in [2.45, 2.75) is 44.4 Å². The van der Waals surface area contributed by atoms with E-state index < -0.39 is 11.7 Å². The molecule has 7 heteroatoms. The molecule has 2 aliphatic rings. The van der Waals surface area contributed by atoms with Crippen LogP contribution in [0.2, 0.25) is 0 Å². The van der Waals surface area contributed by atoms with Gasteiger partial charge < -0.3 is 9.64 Å². The van der Waals surface area contributed by atoms with Crippen LogP contribution in [0.5, 0.6) is 0 Å².